The first kappa shape index (κ1) is 20.1. The molecule has 7 nitrogen and oxygen atoms in total. The van der Waals surface area contributed by atoms with Gasteiger partial charge >= 0.3 is 0 Å². The van der Waals surface area contributed by atoms with Crippen LogP contribution in [0.1, 0.15) is 10.4 Å². The van der Waals surface area contributed by atoms with Crippen LogP contribution in [0, 0.1) is 0 Å². The summed E-state index contributed by atoms with van der Waals surface area (Å²) in [6.07, 6.45) is 0. The van der Waals surface area contributed by atoms with E-state index in [9.17, 15) is 4.79 Å². The highest BCUT2D eigenvalue weighted by Gasteiger charge is 2.03. The van der Waals surface area contributed by atoms with Crippen LogP contribution in [0.4, 0.5) is 0 Å². The van der Waals surface area contributed by atoms with Gasteiger partial charge in [0.1, 0.15) is 18.1 Å². The Hall–Kier alpha value is -3.22. The van der Waals surface area contributed by atoms with Crippen LogP contribution < -0.4 is 25.4 Å². The number of carbonyl (C=O) groups excluding carboxylic acids is 1. The number of nitrogens with one attached hydrogen (secondary N) is 3. The summed E-state index contributed by atoms with van der Waals surface area (Å²) in [5, 5.41) is 9.16. The van der Waals surface area contributed by atoms with Gasteiger partial charge in [-0.1, -0.05) is 18.2 Å². The zero-order valence-electron chi connectivity index (χ0n) is 15.7. The van der Waals surface area contributed by atoms with Crippen molar-refractivity contribution < 1.29 is 14.3 Å². The lowest BCUT2D eigenvalue weighted by molar-refractivity contribution is 0.0954. The van der Waals surface area contributed by atoms with Crippen molar-refractivity contribution in [2.45, 2.75) is 0 Å². The van der Waals surface area contributed by atoms with Crippen LogP contribution in [-0.2, 0) is 0 Å². The highest BCUT2D eigenvalue weighted by Crippen LogP contribution is 2.16. The summed E-state index contributed by atoms with van der Waals surface area (Å²) in [6, 6.07) is 16.6. The summed E-state index contributed by atoms with van der Waals surface area (Å²) in [7, 11) is 3.33. The molecule has 3 N–H and O–H groups in total. The average molecular weight is 370 g/mol. The van der Waals surface area contributed by atoms with Gasteiger partial charge in [-0.3, -0.25) is 9.79 Å². The fourth-order valence-electron chi connectivity index (χ4n) is 2.28. The zero-order chi connectivity index (χ0) is 19.3. The summed E-state index contributed by atoms with van der Waals surface area (Å²) in [5.74, 6) is 2.14. The molecule has 0 saturated carbocycles. The lowest BCUT2D eigenvalue weighted by Gasteiger charge is -2.13. The number of aliphatic imine (C=N–C) groups is 1. The third kappa shape index (κ3) is 7.27. The third-order valence-corrected chi connectivity index (χ3v) is 3.69. The Kier molecular flexibility index (Phi) is 8.49. The normalized spacial score (nSPS) is 10.8. The quantitative estimate of drug-likeness (QED) is 0.355. The van der Waals surface area contributed by atoms with E-state index in [-0.39, 0.29) is 5.91 Å². The molecule has 0 aliphatic rings. The number of amides is 1. The predicted molar refractivity (Wildman–Crippen MR) is 107 cm³/mol. The summed E-state index contributed by atoms with van der Waals surface area (Å²) >= 11 is 0. The SMILES string of the molecule is CN=C(NCCNC(=O)c1ccccc1)NCCOc1ccc(OC)cc1. The molecule has 2 aromatic carbocycles. The molecule has 1 amide bonds. The van der Waals surface area contributed by atoms with Gasteiger partial charge in [-0.15, -0.1) is 0 Å². The van der Waals surface area contributed by atoms with Crippen molar-refractivity contribution >= 4 is 11.9 Å². The van der Waals surface area contributed by atoms with E-state index < -0.39 is 0 Å². The molecule has 0 unspecified atom stereocenters. The summed E-state index contributed by atoms with van der Waals surface area (Å²) in [4.78, 5) is 16.1. The molecular formula is C20H26N4O3. The van der Waals surface area contributed by atoms with E-state index in [0.717, 1.165) is 11.5 Å². The number of rotatable bonds is 9. The summed E-state index contributed by atoms with van der Waals surface area (Å²) < 4.78 is 10.8. The molecule has 0 aliphatic heterocycles. The minimum Gasteiger partial charge on any atom is -0.497 e. The Morgan fingerprint density at radius 3 is 2.19 bits per heavy atom. The molecular weight excluding hydrogens is 344 g/mol. The van der Waals surface area contributed by atoms with Gasteiger partial charge in [0.25, 0.3) is 5.91 Å². The second kappa shape index (κ2) is 11.4. The van der Waals surface area contributed by atoms with Gasteiger partial charge in [0.2, 0.25) is 0 Å². The minimum atomic E-state index is -0.0896. The van der Waals surface area contributed by atoms with E-state index in [0.29, 0.717) is 37.8 Å². The van der Waals surface area contributed by atoms with Gasteiger partial charge < -0.3 is 25.4 Å². The topological polar surface area (TPSA) is 84.0 Å². The van der Waals surface area contributed by atoms with E-state index in [1.807, 2.05) is 42.5 Å². The van der Waals surface area contributed by atoms with E-state index in [1.165, 1.54) is 0 Å². The van der Waals surface area contributed by atoms with Crippen molar-refractivity contribution in [3.63, 3.8) is 0 Å². The first-order valence-corrected chi connectivity index (χ1v) is 8.77. The average Bonchev–Trinajstić information content (AvgIpc) is 2.73. The lowest BCUT2D eigenvalue weighted by Crippen LogP contribution is -2.42. The molecule has 27 heavy (non-hydrogen) atoms. The van der Waals surface area contributed by atoms with Gasteiger partial charge in [-0.25, -0.2) is 0 Å². The molecule has 0 heterocycles. The molecule has 0 saturated heterocycles. The Morgan fingerprint density at radius 2 is 1.52 bits per heavy atom. The molecule has 0 spiro atoms. The molecule has 0 fully saturated rings. The van der Waals surface area contributed by atoms with E-state index in [2.05, 4.69) is 20.9 Å². The number of benzene rings is 2. The smallest absolute Gasteiger partial charge is 0.251 e. The maximum absolute atomic E-state index is 11.9. The maximum atomic E-state index is 11.9. The van der Waals surface area contributed by atoms with Crippen molar-refractivity contribution in [3.8, 4) is 11.5 Å². The molecule has 0 radical (unpaired) electrons. The first-order valence-electron chi connectivity index (χ1n) is 8.77. The molecule has 0 aliphatic carbocycles. The monoisotopic (exact) mass is 370 g/mol. The van der Waals surface area contributed by atoms with E-state index in [4.69, 9.17) is 9.47 Å². The second-order valence-corrected chi connectivity index (χ2v) is 5.57. The van der Waals surface area contributed by atoms with E-state index in [1.54, 1.807) is 26.3 Å². The van der Waals surface area contributed by atoms with Crippen molar-refractivity contribution in [3.05, 3.63) is 60.2 Å². The fraction of sp³-hybridized carbons (Fsp3) is 0.300. The van der Waals surface area contributed by atoms with Crippen LogP contribution in [0.25, 0.3) is 0 Å². The Balaban J connectivity index is 1.59. The van der Waals surface area contributed by atoms with Crippen LogP contribution >= 0.6 is 0 Å². The molecule has 2 aromatic rings. The molecule has 2 rings (SSSR count). The van der Waals surface area contributed by atoms with Crippen LogP contribution in [0.15, 0.2) is 59.6 Å². The van der Waals surface area contributed by atoms with Gasteiger partial charge in [-0.05, 0) is 36.4 Å². The highest BCUT2D eigenvalue weighted by atomic mass is 16.5. The minimum absolute atomic E-state index is 0.0896. The van der Waals surface area contributed by atoms with Gasteiger partial charge in [-0.2, -0.15) is 0 Å². The number of hydrogen-bond acceptors (Lipinski definition) is 4. The zero-order valence-corrected chi connectivity index (χ0v) is 15.7. The van der Waals surface area contributed by atoms with E-state index >= 15 is 0 Å². The molecule has 0 bridgehead atoms. The highest BCUT2D eigenvalue weighted by molar-refractivity contribution is 5.94. The van der Waals surface area contributed by atoms with Gasteiger partial charge in [0.05, 0.1) is 13.7 Å². The van der Waals surface area contributed by atoms with Crippen LogP contribution in [-0.4, -0.2) is 52.3 Å². The molecule has 0 aromatic heterocycles. The fourth-order valence-corrected chi connectivity index (χ4v) is 2.28. The number of hydrogen-bond donors (Lipinski definition) is 3. The van der Waals surface area contributed by atoms with Gasteiger partial charge in [0, 0.05) is 25.7 Å². The molecule has 144 valence electrons. The van der Waals surface area contributed by atoms with Crippen LogP contribution in [0.2, 0.25) is 0 Å². The second-order valence-electron chi connectivity index (χ2n) is 5.57. The molecule has 0 atom stereocenters. The number of methoxy groups -OCH3 is 1. The number of carbonyl (C=O) groups is 1. The first-order chi connectivity index (χ1) is 13.2. The van der Waals surface area contributed by atoms with Crippen molar-refractivity contribution in [1.82, 2.24) is 16.0 Å². The third-order valence-electron chi connectivity index (χ3n) is 3.69. The number of ether oxygens (including phenoxy) is 2. The van der Waals surface area contributed by atoms with Crippen LogP contribution in [0.5, 0.6) is 11.5 Å². The largest absolute Gasteiger partial charge is 0.497 e. The number of guanidine groups is 1. The summed E-state index contributed by atoms with van der Waals surface area (Å²) in [5.41, 5.74) is 0.649. The van der Waals surface area contributed by atoms with Crippen molar-refractivity contribution in [2.24, 2.45) is 4.99 Å². The predicted octanol–water partition coefficient (Wildman–Crippen LogP) is 1.67. The Bertz CT molecular complexity index is 718. The van der Waals surface area contributed by atoms with Crippen molar-refractivity contribution in [1.29, 1.82) is 0 Å². The van der Waals surface area contributed by atoms with Crippen molar-refractivity contribution in [2.75, 3.05) is 40.4 Å². The standard InChI is InChI=1S/C20H26N4O3/c1-21-20(23-13-12-22-19(25)16-6-4-3-5-7-16)24-14-15-27-18-10-8-17(26-2)9-11-18/h3-11H,12-15H2,1-2H3,(H,22,25)(H2,21,23,24). The van der Waals surface area contributed by atoms with Gasteiger partial charge in [0.15, 0.2) is 5.96 Å². The maximum Gasteiger partial charge on any atom is 0.251 e. The lowest BCUT2D eigenvalue weighted by atomic mass is 10.2. The number of nitrogens with zero attached hydrogens (tertiary/aromatic N) is 1. The Morgan fingerprint density at radius 1 is 0.889 bits per heavy atom. The molecule has 7 heteroatoms. The Labute approximate surface area is 159 Å². The van der Waals surface area contributed by atoms with Crippen LogP contribution in [0.3, 0.4) is 0 Å². The summed E-state index contributed by atoms with van der Waals surface area (Å²) in [6.45, 7) is 2.16.